The number of nitrogens with zero attached hydrogens (tertiary/aromatic N) is 2. The highest BCUT2D eigenvalue weighted by Crippen LogP contribution is 2.29. The van der Waals surface area contributed by atoms with Crippen molar-refractivity contribution in [1.82, 2.24) is 20.4 Å². The van der Waals surface area contributed by atoms with Crippen molar-refractivity contribution in [3.05, 3.63) is 72.9 Å². The lowest BCUT2D eigenvalue weighted by Gasteiger charge is -2.40. The summed E-state index contributed by atoms with van der Waals surface area (Å²) in [5.41, 5.74) is 2.81. The number of amides is 2. The van der Waals surface area contributed by atoms with E-state index in [0.29, 0.717) is 0 Å². The SMILES string of the molecule is C=CCN1CCCC[C@H]1[C@@H](NC(=O)Nc1ccc2[nH]ncc2c1)c1ccccc1. The highest BCUT2D eigenvalue weighted by atomic mass is 16.2. The third kappa shape index (κ3) is 4.49. The van der Waals surface area contributed by atoms with Gasteiger partial charge >= 0.3 is 6.03 Å². The number of likely N-dealkylation sites (tertiary alicyclic amines) is 1. The molecule has 29 heavy (non-hydrogen) atoms. The van der Waals surface area contributed by atoms with Gasteiger partial charge < -0.3 is 10.6 Å². The van der Waals surface area contributed by atoms with Crippen LogP contribution in [-0.2, 0) is 0 Å². The van der Waals surface area contributed by atoms with Gasteiger partial charge in [-0.1, -0.05) is 42.8 Å². The lowest BCUT2D eigenvalue weighted by atomic mass is 9.90. The number of nitrogens with one attached hydrogen (secondary N) is 3. The molecule has 1 saturated heterocycles. The second-order valence-electron chi connectivity index (χ2n) is 7.51. The average molecular weight is 390 g/mol. The molecule has 0 aliphatic carbocycles. The van der Waals surface area contributed by atoms with Gasteiger partial charge in [-0.05, 0) is 43.1 Å². The molecule has 6 heteroatoms. The highest BCUT2D eigenvalue weighted by molar-refractivity contribution is 5.92. The summed E-state index contributed by atoms with van der Waals surface area (Å²) in [6.45, 7) is 5.77. The number of urea groups is 1. The first kappa shape index (κ1) is 19.2. The number of rotatable bonds is 6. The molecular weight excluding hydrogens is 362 g/mol. The molecule has 2 heterocycles. The molecule has 0 spiro atoms. The lowest BCUT2D eigenvalue weighted by molar-refractivity contribution is 0.130. The van der Waals surface area contributed by atoms with Gasteiger partial charge in [-0.3, -0.25) is 10.00 Å². The molecular formula is C23H27N5O. The molecule has 0 bridgehead atoms. The van der Waals surface area contributed by atoms with E-state index in [1.807, 2.05) is 42.5 Å². The number of hydrogen-bond donors (Lipinski definition) is 3. The van der Waals surface area contributed by atoms with Crippen LogP contribution in [0.4, 0.5) is 10.5 Å². The molecule has 1 fully saturated rings. The molecule has 0 saturated carbocycles. The van der Waals surface area contributed by atoms with Crippen LogP contribution in [0, 0.1) is 0 Å². The van der Waals surface area contributed by atoms with Gasteiger partial charge in [0.2, 0.25) is 0 Å². The summed E-state index contributed by atoms with van der Waals surface area (Å²) in [6.07, 6.45) is 7.10. The third-order valence-electron chi connectivity index (χ3n) is 5.56. The van der Waals surface area contributed by atoms with Crippen molar-refractivity contribution in [1.29, 1.82) is 0 Å². The smallest absolute Gasteiger partial charge is 0.319 e. The van der Waals surface area contributed by atoms with Crippen LogP contribution in [0.25, 0.3) is 10.9 Å². The summed E-state index contributed by atoms with van der Waals surface area (Å²) in [7, 11) is 0. The molecule has 150 valence electrons. The van der Waals surface area contributed by atoms with Crippen LogP contribution in [0.15, 0.2) is 67.4 Å². The largest absolute Gasteiger partial charge is 0.329 e. The fourth-order valence-corrected chi connectivity index (χ4v) is 4.18. The Morgan fingerprint density at radius 1 is 1.28 bits per heavy atom. The normalized spacial score (nSPS) is 18.3. The highest BCUT2D eigenvalue weighted by Gasteiger charge is 2.31. The van der Waals surface area contributed by atoms with Gasteiger partial charge in [-0.15, -0.1) is 6.58 Å². The van der Waals surface area contributed by atoms with Crippen molar-refractivity contribution in [3.63, 3.8) is 0 Å². The van der Waals surface area contributed by atoms with E-state index in [9.17, 15) is 4.79 Å². The minimum Gasteiger partial charge on any atom is -0.329 e. The predicted octanol–water partition coefficient (Wildman–Crippen LogP) is 4.47. The van der Waals surface area contributed by atoms with Gasteiger partial charge in [0.15, 0.2) is 0 Å². The molecule has 4 rings (SSSR count). The fourth-order valence-electron chi connectivity index (χ4n) is 4.18. The molecule has 0 unspecified atom stereocenters. The van der Waals surface area contributed by atoms with Gasteiger partial charge in [-0.2, -0.15) is 5.10 Å². The van der Waals surface area contributed by atoms with Crippen molar-refractivity contribution < 1.29 is 4.79 Å². The second kappa shape index (κ2) is 8.92. The Labute approximate surface area is 171 Å². The minimum absolute atomic E-state index is 0.0888. The van der Waals surface area contributed by atoms with Gasteiger partial charge in [0.25, 0.3) is 0 Å². The van der Waals surface area contributed by atoms with Crippen molar-refractivity contribution >= 4 is 22.6 Å². The van der Waals surface area contributed by atoms with Crippen molar-refractivity contribution in [2.24, 2.45) is 0 Å². The topological polar surface area (TPSA) is 73.1 Å². The van der Waals surface area contributed by atoms with Crippen LogP contribution in [-0.4, -0.2) is 40.3 Å². The quantitative estimate of drug-likeness (QED) is 0.545. The summed E-state index contributed by atoms with van der Waals surface area (Å²) in [5.74, 6) is 0. The number of fused-ring (bicyclic) bond motifs is 1. The van der Waals surface area contributed by atoms with Crippen LogP contribution in [0.2, 0.25) is 0 Å². The number of H-pyrrole nitrogens is 1. The first-order valence-corrected chi connectivity index (χ1v) is 10.1. The summed E-state index contributed by atoms with van der Waals surface area (Å²) >= 11 is 0. The molecule has 6 nitrogen and oxygen atoms in total. The maximum absolute atomic E-state index is 12.9. The second-order valence-corrected chi connectivity index (χ2v) is 7.51. The zero-order chi connectivity index (χ0) is 20.1. The molecule has 3 aromatic rings. The first-order chi connectivity index (χ1) is 14.2. The molecule has 1 aliphatic rings. The summed E-state index contributed by atoms with van der Waals surface area (Å²) in [6, 6.07) is 15.9. The maximum atomic E-state index is 12.9. The van der Waals surface area contributed by atoms with E-state index in [-0.39, 0.29) is 18.1 Å². The first-order valence-electron chi connectivity index (χ1n) is 10.1. The number of piperidine rings is 1. The maximum Gasteiger partial charge on any atom is 0.319 e. The Hall–Kier alpha value is -3.12. The molecule has 2 aromatic carbocycles. The zero-order valence-electron chi connectivity index (χ0n) is 16.5. The Morgan fingerprint density at radius 2 is 2.14 bits per heavy atom. The van der Waals surface area contributed by atoms with Gasteiger partial charge in [0.1, 0.15) is 0 Å². The predicted molar refractivity (Wildman–Crippen MR) is 117 cm³/mol. The lowest BCUT2D eigenvalue weighted by Crippen LogP contribution is -2.49. The number of anilines is 1. The number of carbonyl (C=O) groups excluding carboxylic acids is 1. The van der Waals surface area contributed by atoms with E-state index < -0.39 is 0 Å². The number of benzene rings is 2. The Kier molecular flexibility index (Phi) is 5.91. The van der Waals surface area contributed by atoms with Crippen LogP contribution < -0.4 is 10.6 Å². The molecule has 3 N–H and O–H groups in total. The Balaban J connectivity index is 1.54. The third-order valence-corrected chi connectivity index (χ3v) is 5.56. The number of carbonyl (C=O) groups is 1. The van der Waals surface area contributed by atoms with Gasteiger partial charge in [0.05, 0.1) is 17.8 Å². The van der Waals surface area contributed by atoms with Crippen LogP contribution in [0.3, 0.4) is 0 Å². The molecule has 2 amide bonds. The van der Waals surface area contributed by atoms with E-state index in [4.69, 9.17) is 0 Å². The van der Waals surface area contributed by atoms with Gasteiger partial charge in [0, 0.05) is 23.7 Å². The van der Waals surface area contributed by atoms with Crippen molar-refractivity contribution in [2.75, 3.05) is 18.4 Å². The van der Waals surface area contributed by atoms with E-state index >= 15 is 0 Å². The van der Waals surface area contributed by atoms with Gasteiger partial charge in [-0.25, -0.2) is 4.79 Å². The van der Waals surface area contributed by atoms with Crippen LogP contribution in [0.5, 0.6) is 0 Å². The summed E-state index contributed by atoms with van der Waals surface area (Å²) < 4.78 is 0. The molecule has 2 atom stereocenters. The van der Waals surface area contributed by atoms with Crippen LogP contribution in [0.1, 0.15) is 30.9 Å². The summed E-state index contributed by atoms with van der Waals surface area (Å²) in [5, 5.41) is 14.1. The fraction of sp³-hybridized carbons (Fsp3) is 0.304. The summed E-state index contributed by atoms with van der Waals surface area (Å²) in [4.78, 5) is 15.3. The van der Waals surface area contributed by atoms with Crippen molar-refractivity contribution in [3.8, 4) is 0 Å². The van der Waals surface area contributed by atoms with E-state index in [2.05, 4.69) is 44.4 Å². The van der Waals surface area contributed by atoms with E-state index in [0.717, 1.165) is 41.7 Å². The molecule has 1 aromatic heterocycles. The molecule has 1 aliphatic heterocycles. The average Bonchev–Trinajstić information content (AvgIpc) is 3.21. The Morgan fingerprint density at radius 3 is 2.97 bits per heavy atom. The zero-order valence-corrected chi connectivity index (χ0v) is 16.5. The molecule has 0 radical (unpaired) electrons. The minimum atomic E-state index is -0.203. The van der Waals surface area contributed by atoms with Crippen LogP contribution >= 0.6 is 0 Å². The Bertz CT molecular complexity index is 968. The van der Waals surface area contributed by atoms with E-state index in [1.54, 1.807) is 6.20 Å². The van der Waals surface area contributed by atoms with E-state index in [1.165, 1.54) is 12.8 Å². The number of aromatic amines is 1. The number of hydrogen-bond acceptors (Lipinski definition) is 3. The number of aromatic nitrogens is 2. The van der Waals surface area contributed by atoms with Crippen molar-refractivity contribution in [2.45, 2.75) is 31.3 Å². The standard InChI is InChI=1S/C23H27N5O/c1-2-13-28-14-7-6-10-21(28)22(17-8-4-3-5-9-17)26-23(29)25-19-11-12-20-18(15-19)16-24-27-20/h2-5,8-9,11-12,15-16,21-22H,1,6-7,10,13-14H2,(H,24,27)(H2,25,26,29)/t21-,22-/m0/s1. The monoisotopic (exact) mass is 389 g/mol.